The highest BCUT2D eigenvalue weighted by Crippen LogP contribution is 2.30. The average molecular weight is 311 g/mol. The Morgan fingerprint density at radius 1 is 1.52 bits per heavy atom. The highest BCUT2D eigenvalue weighted by atomic mass is 35.5. The molecule has 1 aromatic carbocycles. The van der Waals surface area contributed by atoms with E-state index in [4.69, 9.17) is 22.1 Å². The molecule has 1 saturated heterocycles. The number of benzene rings is 1. The molecule has 1 heterocycles. The molecule has 2 unspecified atom stereocenters. The van der Waals surface area contributed by atoms with E-state index in [9.17, 15) is 4.79 Å². The summed E-state index contributed by atoms with van der Waals surface area (Å²) in [4.78, 5) is 14.5. The van der Waals surface area contributed by atoms with Crippen LogP contribution in [0.2, 0.25) is 5.02 Å². The Morgan fingerprint density at radius 2 is 2.24 bits per heavy atom. The molecule has 4 nitrogen and oxygen atoms in total. The third-order valence-electron chi connectivity index (χ3n) is 4.11. The van der Waals surface area contributed by atoms with Crippen LogP contribution in [0.5, 0.6) is 5.75 Å². The van der Waals surface area contributed by atoms with Gasteiger partial charge in [0.25, 0.3) is 5.91 Å². The number of hydrogen-bond acceptors (Lipinski definition) is 3. The lowest BCUT2D eigenvalue weighted by atomic mass is 9.90. The highest BCUT2D eigenvalue weighted by Gasteiger charge is 2.37. The van der Waals surface area contributed by atoms with Gasteiger partial charge in [-0.05, 0) is 36.9 Å². The number of para-hydroxylation sites is 1. The lowest BCUT2D eigenvalue weighted by Crippen LogP contribution is -2.42. The summed E-state index contributed by atoms with van der Waals surface area (Å²) in [6.45, 7) is 6.10. The highest BCUT2D eigenvalue weighted by molar-refractivity contribution is 6.32. The van der Waals surface area contributed by atoms with E-state index >= 15 is 0 Å². The Bertz CT molecular complexity index is 509. The summed E-state index contributed by atoms with van der Waals surface area (Å²) in [7, 11) is 0. The zero-order valence-electron chi connectivity index (χ0n) is 12.6. The molecule has 0 radical (unpaired) electrons. The Morgan fingerprint density at radius 3 is 2.81 bits per heavy atom. The average Bonchev–Trinajstić information content (AvgIpc) is 2.89. The topological polar surface area (TPSA) is 55.6 Å². The van der Waals surface area contributed by atoms with Crippen LogP contribution in [0.15, 0.2) is 24.3 Å². The molecular formula is C16H23ClN2O2. The summed E-state index contributed by atoms with van der Waals surface area (Å²) >= 11 is 6.09. The van der Waals surface area contributed by atoms with Crippen molar-refractivity contribution >= 4 is 17.5 Å². The number of hydrogen-bond donors (Lipinski definition) is 1. The molecule has 0 spiro atoms. The van der Waals surface area contributed by atoms with Crippen molar-refractivity contribution in [1.29, 1.82) is 0 Å². The van der Waals surface area contributed by atoms with Gasteiger partial charge in [0, 0.05) is 13.1 Å². The first-order chi connectivity index (χ1) is 9.99. The molecule has 0 aliphatic carbocycles. The number of ether oxygens (including phenoxy) is 1. The summed E-state index contributed by atoms with van der Waals surface area (Å²) in [6, 6.07) is 7.23. The number of nitrogens with zero attached hydrogens (tertiary/aromatic N) is 1. The maximum absolute atomic E-state index is 12.6. The van der Waals surface area contributed by atoms with Gasteiger partial charge >= 0.3 is 0 Å². The minimum Gasteiger partial charge on any atom is -0.479 e. The van der Waals surface area contributed by atoms with Crippen molar-refractivity contribution in [3.05, 3.63) is 29.3 Å². The van der Waals surface area contributed by atoms with Crippen LogP contribution in [0.4, 0.5) is 0 Å². The number of likely N-dealkylation sites (tertiary alicyclic amines) is 1. The van der Waals surface area contributed by atoms with Gasteiger partial charge in [0.15, 0.2) is 6.10 Å². The first-order valence-electron chi connectivity index (χ1n) is 7.39. The monoisotopic (exact) mass is 310 g/mol. The summed E-state index contributed by atoms with van der Waals surface area (Å²) in [5.41, 5.74) is 5.82. The Labute approximate surface area is 131 Å². The van der Waals surface area contributed by atoms with Crippen molar-refractivity contribution in [2.45, 2.75) is 32.8 Å². The Balaban J connectivity index is 2.05. The van der Waals surface area contributed by atoms with Gasteiger partial charge in [-0.2, -0.15) is 0 Å². The van der Waals surface area contributed by atoms with Gasteiger partial charge in [-0.1, -0.05) is 37.6 Å². The third kappa shape index (κ3) is 3.69. The largest absolute Gasteiger partial charge is 0.479 e. The molecular weight excluding hydrogens is 288 g/mol. The van der Waals surface area contributed by atoms with E-state index in [1.165, 1.54) is 0 Å². The molecule has 1 amide bonds. The molecule has 0 aromatic heterocycles. The third-order valence-corrected chi connectivity index (χ3v) is 4.43. The zero-order chi connectivity index (χ0) is 15.5. The van der Waals surface area contributed by atoms with Gasteiger partial charge in [0.1, 0.15) is 5.75 Å². The SMILES string of the molecule is CCC(Oc1ccccc1Cl)C(=O)N1CCC(C)(CN)C1. The maximum atomic E-state index is 12.6. The first-order valence-corrected chi connectivity index (χ1v) is 7.77. The van der Waals surface area contributed by atoms with Crippen LogP contribution < -0.4 is 10.5 Å². The van der Waals surface area contributed by atoms with E-state index in [0.717, 1.165) is 13.0 Å². The number of nitrogens with two attached hydrogens (primary N) is 1. The minimum atomic E-state index is -0.495. The van der Waals surface area contributed by atoms with Crippen LogP contribution >= 0.6 is 11.6 Å². The quantitative estimate of drug-likeness (QED) is 0.909. The fraction of sp³-hybridized carbons (Fsp3) is 0.562. The molecule has 2 atom stereocenters. The second kappa shape index (κ2) is 6.67. The van der Waals surface area contributed by atoms with E-state index in [2.05, 4.69) is 6.92 Å². The molecule has 2 rings (SSSR count). The maximum Gasteiger partial charge on any atom is 0.263 e. The normalized spacial score (nSPS) is 23.1. The van der Waals surface area contributed by atoms with E-state index < -0.39 is 6.10 Å². The van der Waals surface area contributed by atoms with Gasteiger partial charge in [0.05, 0.1) is 5.02 Å². The first kappa shape index (κ1) is 16.1. The summed E-state index contributed by atoms with van der Waals surface area (Å²) < 4.78 is 5.82. The van der Waals surface area contributed by atoms with Crippen molar-refractivity contribution in [2.24, 2.45) is 11.1 Å². The smallest absolute Gasteiger partial charge is 0.263 e. The number of amides is 1. The van der Waals surface area contributed by atoms with Crippen LogP contribution in [0.1, 0.15) is 26.7 Å². The summed E-state index contributed by atoms with van der Waals surface area (Å²) in [5.74, 6) is 0.578. The lowest BCUT2D eigenvalue weighted by molar-refractivity contribution is -0.138. The van der Waals surface area contributed by atoms with Gasteiger partial charge in [-0.3, -0.25) is 4.79 Å². The predicted molar refractivity (Wildman–Crippen MR) is 84.5 cm³/mol. The molecule has 1 aliphatic rings. The van der Waals surface area contributed by atoms with Crippen LogP contribution in [-0.2, 0) is 4.79 Å². The van der Waals surface area contributed by atoms with E-state index in [0.29, 0.717) is 30.3 Å². The van der Waals surface area contributed by atoms with Gasteiger partial charge in [0.2, 0.25) is 0 Å². The van der Waals surface area contributed by atoms with Crippen molar-refractivity contribution in [3.63, 3.8) is 0 Å². The number of carbonyl (C=O) groups excluding carboxylic acids is 1. The molecule has 2 N–H and O–H groups in total. The molecule has 21 heavy (non-hydrogen) atoms. The van der Waals surface area contributed by atoms with Crippen molar-refractivity contribution in [2.75, 3.05) is 19.6 Å². The molecule has 1 fully saturated rings. The fourth-order valence-electron chi connectivity index (χ4n) is 2.58. The summed E-state index contributed by atoms with van der Waals surface area (Å²) in [5, 5.41) is 0.525. The van der Waals surface area contributed by atoms with Crippen LogP contribution in [0.25, 0.3) is 0 Å². The van der Waals surface area contributed by atoms with Crippen molar-refractivity contribution < 1.29 is 9.53 Å². The standard InChI is InChI=1S/C16H23ClN2O2/c1-3-13(21-14-7-5-4-6-12(14)17)15(20)19-9-8-16(2,10-18)11-19/h4-7,13H,3,8-11,18H2,1-2H3. The minimum absolute atomic E-state index is 0.0228. The number of carbonyl (C=O) groups is 1. The van der Waals surface area contributed by atoms with E-state index in [1.54, 1.807) is 12.1 Å². The predicted octanol–water partition coefficient (Wildman–Crippen LogP) is 2.69. The van der Waals surface area contributed by atoms with E-state index in [1.807, 2.05) is 24.0 Å². The van der Waals surface area contributed by atoms with Crippen LogP contribution in [0.3, 0.4) is 0 Å². The van der Waals surface area contributed by atoms with Gasteiger partial charge < -0.3 is 15.4 Å². The molecule has 5 heteroatoms. The second-order valence-corrected chi connectivity index (χ2v) is 6.38. The van der Waals surface area contributed by atoms with Crippen molar-refractivity contribution in [3.8, 4) is 5.75 Å². The van der Waals surface area contributed by atoms with Gasteiger partial charge in [-0.25, -0.2) is 0 Å². The molecule has 1 aromatic rings. The second-order valence-electron chi connectivity index (χ2n) is 5.97. The Kier molecular flexibility index (Phi) is 5.12. The molecule has 1 aliphatic heterocycles. The number of halogens is 1. The van der Waals surface area contributed by atoms with Crippen LogP contribution in [-0.4, -0.2) is 36.5 Å². The van der Waals surface area contributed by atoms with Gasteiger partial charge in [-0.15, -0.1) is 0 Å². The lowest BCUT2D eigenvalue weighted by Gasteiger charge is -2.26. The summed E-state index contributed by atoms with van der Waals surface area (Å²) in [6.07, 6.45) is 1.06. The van der Waals surface area contributed by atoms with E-state index in [-0.39, 0.29) is 11.3 Å². The molecule has 0 saturated carbocycles. The van der Waals surface area contributed by atoms with Crippen LogP contribution in [0, 0.1) is 5.41 Å². The van der Waals surface area contributed by atoms with Crippen molar-refractivity contribution in [1.82, 2.24) is 4.90 Å². The number of rotatable bonds is 5. The molecule has 0 bridgehead atoms. The fourth-order valence-corrected chi connectivity index (χ4v) is 2.76. The molecule has 116 valence electrons. The zero-order valence-corrected chi connectivity index (χ0v) is 13.4. The Hall–Kier alpha value is -1.26.